The van der Waals surface area contributed by atoms with Crippen LogP contribution in [-0.4, -0.2) is 44.8 Å². The largest absolute Gasteiger partial charge is 0.465 e. The van der Waals surface area contributed by atoms with Gasteiger partial charge in [0.05, 0.1) is 12.1 Å². The van der Waals surface area contributed by atoms with E-state index in [9.17, 15) is 4.79 Å². The lowest BCUT2D eigenvalue weighted by atomic mass is 10.0. The molecule has 0 bridgehead atoms. The fourth-order valence-corrected chi connectivity index (χ4v) is 3.19. The molecule has 1 saturated heterocycles. The molecule has 1 amide bonds. The molecule has 1 aliphatic rings. The number of amides is 1. The molecule has 0 radical (unpaired) electrons. The van der Waals surface area contributed by atoms with E-state index < -0.39 is 14.4 Å². The highest BCUT2D eigenvalue weighted by Gasteiger charge is 2.41. The van der Waals surface area contributed by atoms with Gasteiger partial charge in [0.25, 0.3) is 0 Å². The van der Waals surface area contributed by atoms with Gasteiger partial charge >= 0.3 is 6.09 Å². The van der Waals surface area contributed by atoms with E-state index in [1.165, 1.54) is 0 Å². The Bertz CT molecular complexity index is 302. The van der Waals surface area contributed by atoms with Crippen molar-refractivity contribution in [3.8, 4) is 0 Å². The topological polar surface area (TPSA) is 70.6 Å². The van der Waals surface area contributed by atoms with Gasteiger partial charge in [0.15, 0.2) is 8.32 Å². The molecule has 0 aromatic carbocycles. The summed E-state index contributed by atoms with van der Waals surface area (Å²) in [6.07, 6.45) is -0.243. The van der Waals surface area contributed by atoms with Crippen molar-refractivity contribution >= 4 is 14.4 Å². The summed E-state index contributed by atoms with van der Waals surface area (Å²) in [6, 6.07) is -0.0992. The average molecular weight is 274 g/mol. The van der Waals surface area contributed by atoms with Crippen molar-refractivity contribution in [3.63, 3.8) is 0 Å². The third-order valence-corrected chi connectivity index (χ3v) is 8.49. The van der Waals surface area contributed by atoms with Crippen molar-refractivity contribution in [2.75, 3.05) is 13.1 Å². The summed E-state index contributed by atoms with van der Waals surface area (Å²) in [5.41, 5.74) is 0. The maximum absolute atomic E-state index is 10.8. The summed E-state index contributed by atoms with van der Waals surface area (Å²) < 4.78 is 6.31. The van der Waals surface area contributed by atoms with Crippen LogP contribution in [0.15, 0.2) is 0 Å². The normalized spacial score (nSPS) is 25.8. The average Bonchev–Trinajstić information content (AvgIpc) is 2.18. The maximum atomic E-state index is 10.8. The van der Waals surface area contributed by atoms with Crippen LogP contribution in [-0.2, 0) is 4.43 Å². The molecule has 6 heteroatoms. The predicted molar refractivity (Wildman–Crippen MR) is 74.5 cm³/mol. The number of carbonyl (C=O) groups is 1. The van der Waals surface area contributed by atoms with Gasteiger partial charge in [-0.05, 0) is 31.1 Å². The van der Waals surface area contributed by atoms with Gasteiger partial charge in [0, 0.05) is 6.54 Å². The molecule has 18 heavy (non-hydrogen) atoms. The number of piperidine rings is 1. The van der Waals surface area contributed by atoms with Crippen LogP contribution in [0.2, 0.25) is 18.1 Å². The summed E-state index contributed by atoms with van der Waals surface area (Å²) in [4.78, 5) is 10.8. The minimum absolute atomic E-state index is 0.0595. The summed E-state index contributed by atoms with van der Waals surface area (Å²) in [7, 11) is -1.86. The third kappa shape index (κ3) is 3.96. The van der Waals surface area contributed by atoms with Gasteiger partial charge in [-0.25, -0.2) is 4.79 Å². The van der Waals surface area contributed by atoms with Crippen molar-refractivity contribution in [3.05, 3.63) is 0 Å². The second-order valence-electron chi connectivity index (χ2n) is 6.47. The third-order valence-electron chi connectivity index (χ3n) is 3.99. The zero-order chi connectivity index (χ0) is 14.0. The monoisotopic (exact) mass is 274 g/mol. The van der Waals surface area contributed by atoms with Gasteiger partial charge in [-0.15, -0.1) is 0 Å². The van der Waals surface area contributed by atoms with Gasteiger partial charge < -0.3 is 20.2 Å². The SMILES string of the molecule is CC(C)(C)[Si](C)(C)O[C@H]1CNCC[C@@H]1NC(=O)O. The van der Waals surface area contributed by atoms with Crippen molar-refractivity contribution in [2.24, 2.45) is 0 Å². The van der Waals surface area contributed by atoms with Gasteiger partial charge in [0.2, 0.25) is 0 Å². The number of hydrogen-bond acceptors (Lipinski definition) is 3. The maximum Gasteiger partial charge on any atom is 0.404 e. The minimum atomic E-state index is -1.86. The van der Waals surface area contributed by atoms with Crippen molar-refractivity contribution in [1.82, 2.24) is 10.6 Å². The van der Waals surface area contributed by atoms with Gasteiger partial charge in [-0.1, -0.05) is 20.8 Å². The number of rotatable bonds is 3. The summed E-state index contributed by atoms with van der Waals surface area (Å²) in [5, 5.41) is 14.9. The molecule has 1 rings (SSSR count). The van der Waals surface area contributed by atoms with Crippen LogP contribution in [0.1, 0.15) is 27.2 Å². The second kappa shape index (κ2) is 5.58. The first-order valence-electron chi connectivity index (χ1n) is 6.51. The summed E-state index contributed by atoms with van der Waals surface area (Å²) >= 11 is 0. The van der Waals surface area contributed by atoms with E-state index in [1.54, 1.807) is 0 Å². The smallest absolute Gasteiger partial charge is 0.404 e. The van der Waals surface area contributed by atoms with Gasteiger partial charge in [-0.3, -0.25) is 0 Å². The molecule has 0 spiro atoms. The zero-order valence-corrected chi connectivity index (χ0v) is 13.0. The Morgan fingerprint density at radius 1 is 1.44 bits per heavy atom. The van der Waals surface area contributed by atoms with E-state index in [-0.39, 0.29) is 17.2 Å². The number of nitrogens with one attached hydrogen (secondary N) is 2. The van der Waals surface area contributed by atoms with Crippen molar-refractivity contribution < 1.29 is 14.3 Å². The molecular weight excluding hydrogens is 248 g/mol. The van der Waals surface area contributed by atoms with Crippen LogP contribution in [0, 0.1) is 0 Å². The highest BCUT2D eigenvalue weighted by molar-refractivity contribution is 6.74. The molecule has 0 saturated carbocycles. The molecule has 106 valence electrons. The Balaban J connectivity index is 2.70. The standard InChI is InChI=1S/C12H26N2O3Si/c1-12(2,3)18(4,5)17-10-8-13-7-6-9(10)14-11(15)16/h9-10,13-14H,6-8H2,1-5H3,(H,15,16)/t9-,10-/m0/s1. The molecular formula is C12H26N2O3Si. The quantitative estimate of drug-likeness (QED) is 0.689. The predicted octanol–water partition coefficient (Wildman–Crippen LogP) is 2.01. The van der Waals surface area contributed by atoms with Gasteiger partial charge in [0.1, 0.15) is 0 Å². The highest BCUT2D eigenvalue weighted by Crippen LogP contribution is 2.37. The Labute approximate surface area is 110 Å². The molecule has 1 fully saturated rings. The van der Waals surface area contributed by atoms with E-state index in [1.807, 2.05) is 0 Å². The van der Waals surface area contributed by atoms with E-state index in [2.05, 4.69) is 44.5 Å². The lowest BCUT2D eigenvalue weighted by Crippen LogP contribution is -2.58. The minimum Gasteiger partial charge on any atom is -0.465 e. The Morgan fingerprint density at radius 3 is 2.56 bits per heavy atom. The van der Waals surface area contributed by atoms with Crippen LogP contribution in [0.3, 0.4) is 0 Å². The summed E-state index contributed by atoms with van der Waals surface area (Å²) in [5.74, 6) is 0. The van der Waals surface area contributed by atoms with E-state index in [0.29, 0.717) is 0 Å². The highest BCUT2D eigenvalue weighted by atomic mass is 28.4. The van der Waals surface area contributed by atoms with Crippen LogP contribution in [0.4, 0.5) is 4.79 Å². The molecule has 0 aromatic rings. The van der Waals surface area contributed by atoms with Crippen LogP contribution in [0.25, 0.3) is 0 Å². The second-order valence-corrected chi connectivity index (χ2v) is 11.2. The molecule has 3 N–H and O–H groups in total. The van der Waals surface area contributed by atoms with Crippen LogP contribution < -0.4 is 10.6 Å². The molecule has 0 aromatic heterocycles. The van der Waals surface area contributed by atoms with Crippen LogP contribution >= 0.6 is 0 Å². The first-order chi connectivity index (χ1) is 8.13. The Hall–Kier alpha value is -0.593. The van der Waals surface area contributed by atoms with E-state index in [0.717, 1.165) is 19.5 Å². The van der Waals surface area contributed by atoms with E-state index in [4.69, 9.17) is 9.53 Å². The first-order valence-corrected chi connectivity index (χ1v) is 9.42. The Morgan fingerprint density at radius 2 is 2.06 bits per heavy atom. The number of carboxylic acid groups (broad SMARTS) is 1. The lowest BCUT2D eigenvalue weighted by Gasteiger charge is -2.43. The first kappa shape index (κ1) is 15.5. The lowest BCUT2D eigenvalue weighted by molar-refractivity contribution is 0.106. The molecule has 0 unspecified atom stereocenters. The fourth-order valence-electron chi connectivity index (χ4n) is 1.83. The molecule has 2 atom stereocenters. The molecule has 1 heterocycles. The van der Waals surface area contributed by atoms with Crippen molar-refractivity contribution in [1.29, 1.82) is 0 Å². The van der Waals surface area contributed by atoms with E-state index >= 15 is 0 Å². The molecule has 1 aliphatic heterocycles. The Kier molecular flexibility index (Phi) is 4.80. The fraction of sp³-hybridized carbons (Fsp3) is 0.917. The van der Waals surface area contributed by atoms with Gasteiger partial charge in [-0.2, -0.15) is 0 Å². The van der Waals surface area contributed by atoms with Crippen LogP contribution in [0.5, 0.6) is 0 Å². The molecule has 0 aliphatic carbocycles. The van der Waals surface area contributed by atoms with Crippen molar-refractivity contribution in [2.45, 2.75) is 57.5 Å². The zero-order valence-electron chi connectivity index (χ0n) is 12.0. The number of hydrogen-bond donors (Lipinski definition) is 3. The molecule has 5 nitrogen and oxygen atoms in total. The summed E-state index contributed by atoms with van der Waals surface area (Å²) in [6.45, 7) is 12.5.